The molecule has 1 fully saturated rings. The van der Waals surface area contributed by atoms with Gasteiger partial charge in [0.2, 0.25) is 5.75 Å². The van der Waals surface area contributed by atoms with E-state index in [4.69, 9.17) is 14.2 Å². The van der Waals surface area contributed by atoms with Gasteiger partial charge in [-0.1, -0.05) is 6.42 Å². The van der Waals surface area contributed by atoms with Crippen molar-refractivity contribution in [3.8, 4) is 28.5 Å². The molecule has 1 aliphatic heterocycles. The highest BCUT2D eigenvalue weighted by atomic mass is 32.2. The zero-order valence-corrected chi connectivity index (χ0v) is 17.2. The normalized spacial score (nSPS) is 17.6. The third-order valence-corrected chi connectivity index (χ3v) is 6.01. The molecule has 0 spiro atoms. The number of nitrogens with zero attached hydrogens (tertiary/aromatic N) is 3. The Kier molecular flexibility index (Phi) is 6.79. The zero-order valence-electron chi connectivity index (χ0n) is 16.4. The summed E-state index contributed by atoms with van der Waals surface area (Å²) in [6, 6.07) is 8.41. The lowest BCUT2D eigenvalue weighted by molar-refractivity contribution is 0.204. The minimum Gasteiger partial charge on any atom is -0.493 e. The molecule has 1 saturated heterocycles. The van der Waals surface area contributed by atoms with Crippen LogP contribution in [0, 0.1) is 0 Å². The molecule has 0 amide bonds. The maximum Gasteiger partial charge on any atom is 0.203 e. The predicted molar refractivity (Wildman–Crippen MR) is 108 cm³/mol. The minimum atomic E-state index is 0.570. The van der Waals surface area contributed by atoms with E-state index in [1.54, 1.807) is 33.1 Å². The molecule has 0 N–H and O–H groups in total. The Morgan fingerprint density at radius 1 is 1.04 bits per heavy atom. The van der Waals surface area contributed by atoms with E-state index in [1.807, 2.05) is 24.3 Å². The number of hydrogen-bond donors (Lipinski definition) is 0. The molecule has 27 heavy (non-hydrogen) atoms. The SMILES string of the molecule is COc1cc(-c2ccc(SCC3CCCCN3C)nn2)cc(OC)c1OC. The molecule has 1 atom stereocenters. The highest BCUT2D eigenvalue weighted by Crippen LogP contribution is 2.40. The Hall–Kier alpha value is -1.99. The standard InChI is InChI=1S/C20H27N3O3S/c1-23-10-6-5-7-15(23)13-27-19-9-8-16(21-22-19)14-11-17(24-2)20(26-4)18(12-14)25-3/h8-9,11-12,15H,5-7,10,13H2,1-4H3. The van der Waals surface area contributed by atoms with Gasteiger partial charge in [0.1, 0.15) is 5.03 Å². The number of benzene rings is 1. The molecule has 0 radical (unpaired) electrons. The molecule has 0 aliphatic carbocycles. The van der Waals surface area contributed by atoms with E-state index in [9.17, 15) is 0 Å². The summed E-state index contributed by atoms with van der Waals surface area (Å²) in [5, 5.41) is 9.75. The van der Waals surface area contributed by atoms with Crippen LogP contribution in [0.5, 0.6) is 17.2 Å². The second-order valence-corrected chi connectivity index (χ2v) is 7.65. The van der Waals surface area contributed by atoms with Gasteiger partial charge in [0, 0.05) is 17.4 Å². The number of ether oxygens (including phenoxy) is 3. The monoisotopic (exact) mass is 389 g/mol. The van der Waals surface area contributed by atoms with Crippen molar-refractivity contribution in [1.82, 2.24) is 15.1 Å². The molecular formula is C20H27N3O3S. The summed E-state index contributed by atoms with van der Waals surface area (Å²) >= 11 is 1.77. The summed E-state index contributed by atoms with van der Waals surface area (Å²) in [6.45, 7) is 1.19. The fourth-order valence-electron chi connectivity index (χ4n) is 3.32. The first-order valence-corrected chi connectivity index (χ1v) is 10.1. The summed E-state index contributed by atoms with van der Waals surface area (Å²) in [5.74, 6) is 2.83. The third kappa shape index (κ3) is 4.65. The summed E-state index contributed by atoms with van der Waals surface area (Å²) in [5.41, 5.74) is 1.65. The van der Waals surface area contributed by atoms with Crippen LogP contribution in [0.15, 0.2) is 29.3 Å². The molecule has 2 aromatic rings. The fourth-order valence-corrected chi connectivity index (χ4v) is 4.36. The highest BCUT2D eigenvalue weighted by Gasteiger charge is 2.19. The topological polar surface area (TPSA) is 56.7 Å². The summed E-state index contributed by atoms with van der Waals surface area (Å²) < 4.78 is 16.2. The van der Waals surface area contributed by atoms with Gasteiger partial charge in [-0.25, -0.2) is 0 Å². The number of piperidine rings is 1. The van der Waals surface area contributed by atoms with Gasteiger partial charge in [-0.05, 0) is 50.7 Å². The van der Waals surface area contributed by atoms with E-state index in [1.165, 1.54) is 25.8 Å². The van der Waals surface area contributed by atoms with Gasteiger partial charge in [-0.2, -0.15) is 0 Å². The molecule has 146 valence electrons. The fraction of sp³-hybridized carbons (Fsp3) is 0.500. The number of methoxy groups -OCH3 is 3. The summed E-state index contributed by atoms with van der Waals surface area (Å²) in [4.78, 5) is 2.45. The van der Waals surface area contributed by atoms with Crippen molar-refractivity contribution >= 4 is 11.8 Å². The number of rotatable bonds is 7. The van der Waals surface area contributed by atoms with Gasteiger partial charge in [-0.3, -0.25) is 0 Å². The molecule has 7 heteroatoms. The number of aromatic nitrogens is 2. The molecule has 2 heterocycles. The summed E-state index contributed by atoms with van der Waals surface area (Å²) in [6.07, 6.45) is 3.89. The molecule has 1 aliphatic rings. The first kappa shape index (κ1) is 19.8. The maximum absolute atomic E-state index is 5.42. The van der Waals surface area contributed by atoms with Gasteiger partial charge in [0.15, 0.2) is 11.5 Å². The van der Waals surface area contributed by atoms with Gasteiger partial charge >= 0.3 is 0 Å². The van der Waals surface area contributed by atoms with Crippen LogP contribution in [0.4, 0.5) is 0 Å². The van der Waals surface area contributed by atoms with Crippen molar-refractivity contribution < 1.29 is 14.2 Å². The van der Waals surface area contributed by atoms with E-state index in [2.05, 4.69) is 22.1 Å². The Balaban J connectivity index is 1.73. The molecule has 1 aromatic heterocycles. The number of hydrogen-bond acceptors (Lipinski definition) is 7. The van der Waals surface area contributed by atoms with Crippen LogP contribution >= 0.6 is 11.8 Å². The average molecular weight is 390 g/mol. The third-order valence-electron chi connectivity index (χ3n) is 4.95. The maximum atomic E-state index is 5.42. The van der Waals surface area contributed by atoms with Crippen LogP contribution < -0.4 is 14.2 Å². The molecule has 3 rings (SSSR count). The lowest BCUT2D eigenvalue weighted by Crippen LogP contribution is -2.37. The van der Waals surface area contributed by atoms with Gasteiger partial charge in [0.25, 0.3) is 0 Å². The second kappa shape index (κ2) is 9.28. The predicted octanol–water partition coefficient (Wildman–Crippen LogP) is 3.75. The van der Waals surface area contributed by atoms with Gasteiger partial charge in [0.05, 0.1) is 27.0 Å². The first-order chi connectivity index (χ1) is 13.2. The van der Waals surface area contributed by atoms with E-state index in [0.29, 0.717) is 23.3 Å². The van der Waals surface area contributed by atoms with Crippen LogP contribution in [0.3, 0.4) is 0 Å². The molecule has 0 bridgehead atoms. The summed E-state index contributed by atoms with van der Waals surface area (Å²) in [7, 11) is 7.02. The lowest BCUT2D eigenvalue weighted by atomic mass is 10.1. The molecule has 6 nitrogen and oxygen atoms in total. The zero-order chi connectivity index (χ0) is 19.2. The Labute approximate surface area is 165 Å². The number of likely N-dealkylation sites (tertiary alicyclic amines) is 1. The molecular weight excluding hydrogens is 362 g/mol. The minimum absolute atomic E-state index is 0.570. The van der Waals surface area contributed by atoms with E-state index < -0.39 is 0 Å². The van der Waals surface area contributed by atoms with Crippen LogP contribution in [-0.2, 0) is 0 Å². The Morgan fingerprint density at radius 3 is 2.33 bits per heavy atom. The molecule has 1 aromatic carbocycles. The van der Waals surface area contributed by atoms with Crippen molar-refractivity contribution in [1.29, 1.82) is 0 Å². The van der Waals surface area contributed by atoms with E-state index >= 15 is 0 Å². The molecule has 0 saturated carbocycles. The largest absolute Gasteiger partial charge is 0.493 e. The highest BCUT2D eigenvalue weighted by molar-refractivity contribution is 7.99. The van der Waals surface area contributed by atoms with Crippen LogP contribution in [-0.4, -0.2) is 61.8 Å². The van der Waals surface area contributed by atoms with E-state index in [0.717, 1.165) is 22.0 Å². The Bertz CT molecular complexity index is 730. The first-order valence-electron chi connectivity index (χ1n) is 9.13. The van der Waals surface area contributed by atoms with Crippen molar-refractivity contribution in [3.05, 3.63) is 24.3 Å². The van der Waals surface area contributed by atoms with E-state index in [-0.39, 0.29) is 0 Å². The van der Waals surface area contributed by atoms with Crippen molar-refractivity contribution in [3.63, 3.8) is 0 Å². The van der Waals surface area contributed by atoms with Crippen LogP contribution in [0.25, 0.3) is 11.3 Å². The smallest absolute Gasteiger partial charge is 0.203 e. The van der Waals surface area contributed by atoms with Crippen molar-refractivity contribution in [2.45, 2.75) is 30.3 Å². The average Bonchev–Trinajstić information content (AvgIpc) is 2.72. The quantitative estimate of drug-likeness (QED) is 0.669. The van der Waals surface area contributed by atoms with Gasteiger partial charge < -0.3 is 19.1 Å². The van der Waals surface area contributed by atoms with Crippen molar-refractivity contribution in [2.24, 2.45) is 0 Å². The van der Waals surface area contributed by atoms with Gasteiger partial charge in [-0.15, -0.1) is 22.0 Å². The number of thioether (sulfide) groups is 1. The second-order valence-electron chi connectivity index (χ2n) is 6.61. The van der Waals surface area contributed by atoms with Crippen LogP contribution in [0.1, 0.15) is 19.3 Å². The Morgan fingerprint density at radius 2 is 1.78 bits per heavy atom. The lowest BCUT2D eigenvalue weighted by Gasteiger charge is -2.31. The van der Waals surface area contributed by atoms with Crippen LogP contribution in [0.2, 0.25) is 0 Å². The van der Waals surface area contributed by atoms with Crippen molar-refractivity contribution in [2.75, 3.05) is 40.7 Å². The molecule has 1 unspecified atom stereocenters.